The van der Waals surface area contributed by atoms with Gasteiger partial charge in [0.25, 0.3) is 0 Å². The van der Waals surface area contributed by atoms with Gasteiger partial charge in [0.2, 0.25) is 0 Å². The Morgan fingerprint density at radius 2 is 1.77 bits per heavy atom. The molecule has 3 aromatic rings. The fraction of sp³-hybridized carbons (Fsp3) is 0.0556. The molecule has 0 amide bonds. The third-order valence-electron chi connectivity index (χ3n) is 3.56. The summed E-state index contributed by atoms with van der Waals surface area (Å²) in [5.41, 5.74) is 1.33. The topological polar surface area (TPSA) is 26.3 Å². The van der Waals surface area contributed by atoms with E-state index in [2.05, 4.69) is 0 Å². The third kappa shape index (κ3) is 2.30. The maximum Gasteiger partial charge on any atom is 0.196 e. The number of benzene rings is 1. The monoisotopic (exact) mass is 324 g/mol. The van der Waals surface area contributed by atoms with Crippen molar-refractivity contribution in [1.29, 1.82) is 0 Å². The van der Waals surface area contributed by atoms with Crippen LogP contribution < -0.4 is 4.74 Å². The van der Waals surface area contributed by atoms with Gasteiger partial charge in [-0.15, -0.1) is 22.7 Å². The second-order valence-electron chi connectivity index (χ2n) is 4.95. The minimum Gasteiger partial charge on any atom is -0.479 e. The van der Waals surface area contributed by atoms with E-state index in [0.717, 1.165) is 9.75 Å². The lowest BCUT2D eigenvalue weighted by Gasteiger charge is -2.27. The number of para-hydroxylation sites is 1. The van der Waals surface area contributed by atoms with E-state index in [1.54, 1.807) is 22.7 Å². The average Bonchev–Trinajstić information content (AvgIpc) is 3.23. The first-order valence-electron chi connectivity index (χ1n) is 6.92. The molecule has 0 fully saturated rings. The summed E-state index contributed by atoms with van der Waals surface area (Å²) in [6, 6.07) is 15.4. The van der Waals surface area contributed by atoms with Gasteiger partial charge in [-0.1, -0.05) is 24.3 Å². The van der Waals surface area contributed by atoms with Gasteiger partial charge in [-0.2, -0.15) is 0 Å². The maximum atomic E-state index is 12.9. The van der Waals surface area contributed by atoms with Crippen LogP contribution in [0.1, 0.15) is 26.2 Å². The smallest absolute Gasteiger partial charge is 0.196 e. The van der Waals surface area contributed by atoms with Gasteiger partial charge in [0.15, 0.2) is 11.9 Å². The van der Waals surface area contributed by atoms with Gasteiger partial charge >= 0.3 is 0 Å². The Bertz CT molecular complexity index is 830. The van der Waals surface area contributed by atoms with Crippen molar-refractivity contribution in [3.8, 4) is 5.75 Å². The highest BCUT2D eigenvalue weighted by atomic mass is 32.1. The Balaban J connectivity index is 1.87. The number of carbonyl (C=O) groups excluding carboxylic acids is 1. The molecule has 4 rings (SSSR count). The fourth-order valence-electron chi connectivity index (χ4n) is 2.54. The number of rotatable bonds is 2. The third-order valence-corrected chi connectivity index (χ3v) is 5.30. The summed E-state index contributed by atoms with van der Waals surface area (Å²) in [6.45, 7) is 0. The minimum absolute atomic E-state index is 0.0497. The number of hydrogen-bond donors (Lipinski definition) is 0. The van der Waals surface area contributed by atoms with Crippen LogP contribution in [0.5, 0.6) is 5.75 Å². The first-order valence-corrected chi connectivity index (χ1v) is 8.68. The molecule has 1 atom stereocenters. The predicted molar refractivity (Wildman–Crippen MR) is 90.8 cm³/mol. The number of ether oxygens (including phenoxy) is 1. The normalized spacial score (nSPS) is 19.0. The first kappa shape index (κ1) is 13.5. The van der Waals surface area contributed by atoms with Crippen molar-refractivity contribution in [2.24, 2.45) is 0 Å². The zero-order chi connectivity index (χ0) is 14.9. The highest BCUT2D eigenvalue weighted by Crippen LogP contribution is 2.40. The van der Waals surface area contributed by atoms with E-state index in [9.17, 15) is 4.79 Å². The molecule has 1 aliphatic heterocycles. The van der Waals surface area contributed by atoms with Crippen LogP contribution in [-0.2, 0) is 0 Å². The summed E-state index contributed by atoms with van der Waals surface area (Å²) in [7, 11) is 0. The van der Waals surface area contributed by atoms with E-state index in [4.69, 9.17) is 4.74 Å². The highest BCUT2D eigenvalue weighted by Gasteiger charge is 2.33. The summed E-state index contributed by atoms with van der Waals surface area (Å²) in [5, 5.41) is 4.01. The number of Topliss-reactive ketones (excluding diaryl/α,β-unsaturated/α-hetero) is 1. The molecular formula is C18H12O2S2. The van der Waals surface area contributed by atoms with Gasteiger partial charge in [0.05, 0.1) is 5.56 Å². The van der Waals surface area contributed by atoms with Gasteiger partial charge in [0.1, 0.15) is 5.75 Å². The van der Waals surface area contributed by atoms with E-state index < -0.39 is 0 Å². The van der Waals surface area contributed by atoms with Crippen LogP contribution in [0.25, 0.3) is 6.08 Å². The summed E-state index contributed by atoms with van der Waals surface area (Å²) in [6.07, 6.45) is 1.62. The maximum absolute atomic E-state index is 12.9. The molecule has 2 nitrogen and oxygen atoms in total. The van der Waals surface area contributed by atoms with Crippen molar-refractivity contribution in [3.05, 3.63) is 80.2 Å². The second kappa shape index (κ2) is 5.55. The molecule has 0 bridgehead atoms. The SMILES string of the molecule is O=C1/C(=C/c2cccs2)C(c2cccs2)Oc2ccccc21. The molecule has 1 aliphatic rings. The van der Waals surface area contributed by atoms with Gasteiger partial charge in [-0.05, 0) is 41.1 Å². The van der Waals surface area contributed by atoms with E-state index >= 15 is 0 Å². The van der Waals surface area contributed by atoms with Gasteiger partial charge in [-0.25, -0.2) is 0 Å². The number of thiophene rings is 2. The zero-order valence-electron chi connectivity index (χ0n) is 11.6. The van der Waals surface area contributed by atoms with Crippen LogP contribution in [0.3, 0.4) is 0 Å². The summed E-state index contributed by atoms with van der Waals surface area (Å²) in [4.78, 5) is 15.0. The van der Waals surface area contributed by atoms with E-state index in [1.807, 2.05) is 65.4 Å². The fourth-order valence-corrected chi connectivity index (χ4v) is 3.98. The predicted octanol–water partition coefficient (Wildman–Crippen LogP) is 5.21. The Kier molecular flexibility index (Phi) is 3.41. The average molecular weight is 324 g/mol. The molecule has 0 spiro atoms. The molecule has 4 heteroatoms. The van der Waals surface area contributed by atoms with E-state index in [0.29, 0.717) is 16.9 Å². The Morgan fingerprint density at radius 3 is 2.55 bits per heavy atom. The van der Waals surface area contributed by atoms with Crippen LogP contribution in [0.4, 0.5) is 0 Å². The molecule has 2 aromatic heterocycles. The molecule has 0 aliphatic carbocycles. The van der Waals surface area contributed by atoms with Crippen LogP contribution in [0.2, 0.25) is 0 Å². The lowest BCUT2D eigenvalue weighted by atomic mass is 9.93. The molecule has 0 saturated heterocycles. The van der Waals surface area contributed by atoms with Crippen LogP contribution in [-0.4, -0.2) is 5.78 Å². The molecule has 3 heterocycles. The Labute approximate surface area is 136 Å². The number of fused-ring (bicyclic) bond motifs is 1. The van der Waals surface area contributed by atoms with Crippen molar-refractivity contribution in [2.75, 3.05) is 0 Å². The van der Waals surface area contributed by atoms with Crippen molar-refractivity contribution in [3.63, 3.8) is 0 Å². The second-order valence-corrected chi connectivity index (χ2v) is 6.91. The van der Waals surface area contributed by atoms with Crippen molar-refractivity contribution in [1.82, 2.24) is 0 Å². The number of ketones is 1. The van der Waals surface area contributed by atoms with Crippen molar-refractivity contribution >= 4 is 34.5 Å². The molecule has 0 radical (unpaired) electrons. The number of carbonyl (C=O) groups is 1. The Hall–Kier alpha value is -2.17. The molecule has 1 aromatic carbocycles. The number of hydrogen-bond acceptors (Lipinski definition) is 4. The van der Waals surface area contributed by atoms with E-state index in [-0.39, 0.29) is 11.9 Å². The minimum atomic E-state index is -0.329. The van der Waals surface area contributed by atoms with Gasteiger partial charge in [-0.3, -0.25) is 4.79 Å². The van der Waals surface area contributed by atoms with Crippen molar-refractivity contribution in [2.45, 2.75) is 6.10 Å². The highest BCUT2D eigenvalue weighted by molar-refractivity contribution is 7.11. The largest absolute Gasteiger partial charge is 0.479 e. The van der Waals surface area contributed by atoms with E-state index in [1.165, 1.54) is 0 Å². The van der Waals surface area contributed by atoms with Gasteiger partial charge < -0.3 is 4.74 Å². The Morgan fingerprint density at radius 1 is 0.955 bits per heavy atom. The molecular weight excluding hydrogens is 312 g/mol. The quantitative estimate of drug-likeness (QED) is 0.605. The molecule has 0 saturated carbocycles. The zero-order valence-corrected chi connectivity index (χ0v) is 13.2. The van der Waals surface area contributed by atoms with Gasteiger partial charge in [0, 0.05) is 15.3 Å². The molecule has 1 unspecified atom stereocenters. The first-order chi connectivity index (χ1) is 10.8. The standard InChI is InChI=1S/C18H12O2S2/c19-17-13-6-1-2-7-15(13)20-18(16-8-4-10-22-16)14(17)11-12-5-3-9-21-12/h1-11,18H/b14-11-. The molecule has 0 N–H and O–H groups in total. The van der Waals surface area contributed by atoms with Crippen molar-refractivity contribution < 1.29 is 9.53 Å². The summed E-state index contributed by atoms with van der Waals surface area (Å²) < 4.78 is 6.13. The molecule has 22 heavy (non-hydrogen) atoms. The lowest BCUT2D eigenvalue weighted by molar-refractivity contribution is 0.0965. The molecule has 108 valence electrons. The van der Waals surface area contributed by atoms with Crippen LogP contribution in [0.15, 0.2) is 64.9 Å². The summed E-state index contributed by atoms with van der Waals surface area (Å²) in [5.74, 6) is 0.711. The van der Waals surface area contributed by atoms with Crippen LogP contribution in [0, 0.1) is 0 Å². The van der Waals surface area contributed by atoms with Crippen LogP contribution >= 0.6 is 22.7 Å². The summed E-state index contributed by atoms with van der Waals surface area (Å²) >= 11 is 3.23. The lowest BCUT2D eigenvalue weighted by Crippen LogP contribution is -2.23.